The first-order valence-electron chi connectivity index (χ1n) is 7.27. The Kier molecular flexibility index (Phi) is 5.12. The molecule has 0 spiro atoms. The van der Waals surface area contributed by atoms with Crippen LogP contribution in [0.25, 0.3) is 0 Å². The molecule has 1 unspecified atom stereocenters. The summed E-state index contributed by atoms with van der Waals surface area (Å²) in [5.74, 6) is 0. The van der Waals surface area contributed by atoms with Gasteiger partial charge < -0.3 is 5.32 Å². The predicted octanol–water partition coefficient (Wildman–Crippen LogP) is 1.75. The Morgan fingerprint density at radius 2 is 2.20 bits per heavy atom. The van der Waals surface area contributed by atoms with Crippen LogP contribution >= 0.6 is 0 Å². The molecule has 1 fully saturated rings. The van der Waals surface area contributed by atoms with E-state index in [2.05, 4.69) is 10.3 Å². The summed E-state index contributed by atoms with van der Waals surface area (Å²) in [6.07, 6.45) is 4.40. The number of sulfonamides is 1. The van der Waals surface area contributed by atoms with Crippen molar-refractivity contribution in [3.8, 4) is 0 Å². The van der Waals surface area contributed by atoms with E-state index in [1.165, 1.54) is 0 Å². The van der Waals surface area contributed by atoms with E-state index in [4.69, 9.17) is 0 Å². The minimum Gasteiger partial charge on any atom is -0.313 e. The third-order valence-corrected chi connectivity index (χ3v) is 5.61. The third kappa shape index (κ3) is 3.19. The van der Waals surface area contributed by atoms with Crippen LogP contribution < -0.4 is 5.32 Å². The fraction of sp³-hybridized carbons (Fsp3) is 0.643. The van der Waals surface area contributed by atoms with Crippen LogP contribution in [0.5, 0.6) is 0 Å². The highest BCUT2D eigenvalue weighted by Gasteiger charge is 2.34. The van der Waals surface area contributed by atoms with E-state index in [0.717, 1.165) is 31.4 Å². The van der Waals surface area contributed by atoms with Crippen molar-refractivity contribution in [3.05, 3.63) is 23.9 Å². The van der Waals surface area contributed by atoms with Crippen LogP contribution in [0, 0.1) is 0 Å². The Hall–Kier alpha value is -0.980. The average Bonchev–Trinajstić information content (AvgIpc) is 2.95. The monoisotopic (exact) mass is 297 g/mol. The summed E-state index contributed by atoms with van der Waals surface area (Å²) in [5.41, 5.74) is 0.999. The SMILES string of the molecule is CCNCc1ccc(S(=O)(=O)N2CCCC2CC)nc1. The number of aromatic nitrogens is 1. The minimum atomic E-state index is -3.44. The maximum atomic E-state index is 12.6. The smallest absolute Gasteiger partial charge is 0.260 e. The second-order valence-electron chi connectivity index (χ2n) is 5.11. The Morgan fingerprint density at radius 1 is 1.40 bits per heavy atom. The standard InChI is InChI=1S/C14H23N3O2S/c1-3-13-6-5-9-17(13)20(18,19)14-8-7-12(11-16-14)10-15-4-2/h7-8,11,13,15H,3-6,9-10H2,1-2H3. The molecular weight excluding hydrogens is 274 g/mol. The number of hydrogen-bond donors (Lipinski definition) is 1. The van der Waals surface area contributed by atoms with E-state index in [1.807, 2.05) is 19.9 Å². The first-order valence-corrected chi connectivity index (χ1v) is 8.71. The molecule has 0 aliphatic carbocycles. The van der Waals surface area contributed by atoms with Crippen molar-refractivity contribution < 1.29 is 8.42 Å². The van der Waals surface area contributed by atoms with Gasteiger partial charge in [-0.3, -0.25) is 0 Å². The molecule has 0 aromatic carbocycles. The summed E-state index contributed by atoms with van der Waals surface area (Å²) < 4.78 is 26.8. The highest BCUT2D eigenvalue weighted by atomic mass is 32.2. The van der Waals surface area contributed by atoms with Crippen LogP contribution in [0.1, 0.15) is 38.7 Å². The molecule has 0 radical (unpaired) electrons. The normalized spacial score (nSPS) is 20.4. The molecule has 1 aliphatic rings. The zero-order valence-electron chi connectivity index (χ0n) is 12.2. The lowest BCUT2D eigenvalue weighted by Gasteiger charge is -2.22. The molecule has 1 atom stereocenters. The maximum absolute atomic E-state index is 12.6. The molecule has 112 valence electrons. The lowest BCUT2D eigenvalue weighted by molar-refractivity contribution is 0.378. The molecule has 6 heteroatoms. The second kappa shape index (κ2) is 6.65. The topological polar surface area (TPSA) is 62.3 Å². The van der Waals surface area contributed by atoms with Crippen LogP contribution in [0.4, 0.5) is 0 Å². The summed E-state index contributed by atoms with van der Waals surface area (Å²) in [6, 6.07) is 3.58. The van der Waals surface area contributed by atoms with E-state index >= 15 is 0 Å². The van der Waals surface area contributed by atoms with Crippen LogP contribution in [0.2, 0.25) is 0 Å². The van der Waals surface area contributed by atoms with Crippen LogP contribution in [-0.2, 0) is 16.6 Å². The summed E-state index contributed by atoms with van der Waals surface area (Å²) in [7, 11) is -3.44. The van der Waals surface area contributed by atoms with Gasteiger partial charge in [0, 0.05) is 25.3 Å². The number of rotatable bonds is 6. The van der Waals surface area contributed by atoms with Crippen molar-refractivity contribution in [2.45, 2.75) is 50.7 Å². The van der Waals surface area contributed by atoms with Gasteiger partial charge in [-0.2, -0.15) is 4.31 Å². The van der Waals surface area contributed by atoms with E-state index in [9.17, 15) is 8.42 Å². The average molecular weight is 297 g/mol. The highest BCUT2D eigenvalue weighted by Crippen LogP contribution is 2.26. The summed E-state index contributed by atoms with van der Waals surface area (Å²) in [5, 5.41) is 3.36. The first-order chi connectivity index (χ1) is 9.59. The Morgan fingerprint density at radius 3 is 2.80 bits per heavy atom. The number of nitrogens with zero attached hydrogens (tertiary/aromatic N) is 2. The van der Waals surface area contributed by atoms with Gasteiger partial charge in [0.15, 0.2) is 5.03 Å². The van der Waals surface area contributed by atoms with E-state index in [-0.39, 0.29) is 11.1 Å². The molecule has 0 bridgehead atoms. The fourth-order valence-electron chi connectivity index (χ4n) is 2.59. The molecule has 1 saturated heterocycles. The van der Waals surface area contributed by atoms with Crippen molar-refractivity contribution in [2.75, 3.05) is 13.1 Å². The summed E-state index contributed by atoms with van der Waals surface area (Å²) >= 11 is 0. The quantitative estimate of drug-likeness (QED) is 0.869. The van der Waals surface area contributed by atoms with Gasteiger partial charge in [0.25, 0.3) is 10.0 Å². The molecule has 20 heavy (non-hydrogen) atoms. The molecule has 1 aromatic rings. The van der Waals surface area contributed by atoms with Gasteiger partial charge in [0.1, 0.15) is 0 Å². The van der Waals surface area contributed by atoms with Crippen molar-refractivity contribution in [3.63, 3.8) is 0 Å². The van der Waals surface area contributed by atoms with Gasteiger partial charge in [-0.15, -0.1) is 0 Å². The number of hydrogen-bond acceptors (Lipinski definition) is 4. The lowest BCUT2D eigenvalue weighted by Crippen LogP contribution is -2.35. The van der Waals surface area contributed by atoms with Gasteiger partial charge in [-0.1, -0.05) is 19.9 Å². The Labute approximate surface area is 121 Å². The number of nitrogens with one attached hydrogen (secondary N) is 1. The first kappa shape index (κ1) is 15.4. The van der Waals surface area contributed by atoms with Crippen LogP contribution in [-0.4, -0.2) is 36.8 Å². The van der Waals surface area contributed by atoms with Crippen molar-refractivity contribution in [1.29, 1.82) is 0 Å². The summed E-state index contributed by atoms with van der Waals surface area (Å²) in [6.45, 7) is 6.27. The van der Waals surface area contributed by atoms with Gasteiger partial charge in [0.2, 0.25) is 0 Å². The molecule has 1 N–H and O–H groups in total. The van der Waals surface area contributed by atoms with E-state index in [0.29, 0.717) is 13.1 Å². The summed E-state index contributed by atoms with van der Waals surface area (Å²) in [4.78, 5) is 4.15. The van der Waals surface area contributed by atoms with Crippen molar-refractivity contribution in [2.24, 2.45) is 0 Å². The molecule has 1 aliphatic heterocycles. The highest BCUT2D eigenvalue weighted by molar-refractivity contribution is 7.89. The Bertz CT molecular complexity index is 528. The maximum Gasteiger partial charge on any atom is 0.260 e. The molecule has 0 saturated carbocycles. The lowest BCUT2D eigenvalue weighted by atomic mass is 10.2. The molecule has 2 rings (SSSR count). The second-order valence-corrected chi connectivity index (χ2v) is 6.94. The van der Waals surface area contributed by atoms with Gasteiger partial charge in [-0.25, -0.2) is 13.4 Å². The van der Waals surface area contributed by atoms with Crippen LogP contribution in [0.3, 0.4) is 0 Å². The van der Waals surface area contributed by atoms with E-state index in [1.54, 1.807) is 16.6 Å². The molecule has 0 amide bonds. The Balaban J connectivity index is 2.17. The van der Waals surface area contributed by atoms with Crippen molar-refractivity contribution >= 4 is 10.0 Å². The third-order valence-electron chi connectivity index (χ3n) is 3.74. The molecule has 5 nitrogen and oxygen atoms in total. The predicted molar refractivity (Wildman–Crippen MR) is 78.8 cm³/mol. The zero-order valence-corrected chi connectivity index (χ0v) is 13.0. The van der Waals surface area contributed by atoms with Crippen LogP contribution in [0.15, 0.2) is 23.4 Å². The van der Waals surface area contributed by atoms with Gasteiger partial charge >= 0.3 is 0 Å². The van der Waals surface area contributed by atoms with E-state index < -0.39 is 10.0 Å². The zero-order chi connectivity index (χ0) is 14.6. The van der Waals surface area contributed by atoms with Gasteiger partial charge in [0.05, 0.1) is 0 Å². The van der Waals surface area contributed by atoms with Gasteiger partial charge in [-0.05, 0) is 37.4 Å². The largest absolute Gasteiger partial charge is 0.313 e. The van der Waals surface area contributed by atoms with Crippen molar-refractivity contribution in [1.82, 2.24) is 14.6 Å². The molecule has 2 heterocycles. The fourth-order valence-corrected chi connectivity index (χ4v) is 4.27. The number of pyridine rings is 1. The molecular formula is C14H23N3O2S. The minimum absolute atomic E-state index is 0.128. The molecule has 1 aromatic heterocycles.